The highest BCUT2D eigenvalue weighted by atomic mass is 16.5. The number of aliphatic hydroxyl groups is 1. The van der Waals surface area contributed by atoms with Crippen molar-refractivity contribution in [2.24, 2.45) is 5.73 Å². The maximum absolute atomic E-state index is 9.33. The van der Waals surface area contributed by atoms with E-state index in [2.05, 4.69) is 0 Å². The van der Waals surface area contributed by atoms with Gasteiger partial charge in [-0.05, 0) is 17.7 Å². The van der Waals surface area contributed by atoms with Gasteiger partial charge in [0.1, 0.15) is 5.75 Å². The molecule has 0 saturated heterocycles. The van der Waals surface area contributed by atoms with Crippen LogP contribution >= 0.6 is 0 Å². The second-order valence-electron chi connectivity index (χ2n) is 2.52. The first-order valence-electron chi connectivity index (χ1n) is 3.80. The van der Waals surface area contributed by atoms with Gasteiger partial charge in [-0.2, -0.15) is 0 Å². The van der Waals surface area contributed by atoms with E-state index in [0.29, 0.717) is 0 Å². The van der Waals surface area contributed by atoms with Crippen molar-refractivity contribution in [3.8, 4) is 5.75 Å². The van der Waals surface area contributed by atoms with Crippen molar-refractivity contribution in [2.45, 2.75) is 6.10 Å². The monoisotopic (exact) mass is 167 g/mol. The molecular formula is C9H13NO2. The van der Waals surface area contributed by atoms with E-state index in [4.69, 9.17) is 10.5 Å². The lowest BCUT2D eigenvalue weighted by molar-refractivity contribution is 0.186. The van der Waals surface area contributed by atoms with Crippen LogP contribution in [0.3, 0.4) is 0 Å². The van der Waals surface area contributed by atoms with Gasteiger partial charge < -0.3 is 15.6 Å². The van der Waals surface area contributed by atoms with E-state index in [1.165, 1.54) is 0 Å². The second kappa shape index (κ2) is 4.09. The predicted molar refractivity (Wildman–Crippen MR) is 47.0 cm³/mol. The zero-order valence-corrected chi connectivity index (χ0v) is 7.03. The fraction of sp³-hybridized carbons (Fsp3) is 0.333. The molecule has 0 amide bonds. The molecule has 0 radical (unpaired) electrons. The van der Waals surface area contributed by atoms with Crippen LogP contribution in [0.25, 0.3) is 0 Å². The van der Waals surface area contributed by atoms with Crippen LogP contribution in [0.15, 0.2) is 24.3 Å². The van der Waals surface area contributed by atoms with E-state index in [0.717, 1.165) is 11.3 Å². The molecule has 0 fully saturated rings. The smallest absolute Gasteiger partial charge is 0.118 e. The molecule has 1 atom stereocenters. The van der Waals surface area contributed by atoms with E-state index in [9.17, 15) is 5.11 Å². The Kier molecular flexibility index (Phi) is 3.08. The van der Waals surface area contributed by atoms with Crippen LogP contribution in [-0.2, 0) is 0 Å². The Morgan fingerprint density at radius 3 is 2.42 bits per heavy atom. The van der Waals surface area contributed by atoms with Gasteiger partial charge >= 0.3 is 0 Å². The number of methoxy groups -OCH3 is 1. The lowest BCUT2D eigenvalue weighted by Crippen LogP contribution is -2.11. The van der Waals surface area contributed by atoms with Crippen molar-refractivity contribution in [3.63, 3.8) is 0 Å². The third-order valence-electron chi connectivity index (χ3n) is 1.72. The summed E-state index contributed by atoms with van der Waals surface area (Å²) >= 11 is 0. The highest BCUT2D eigenvalue weighted by Gasteiger charge is 2.03. The molecule has 0 saturated carbocycles. The number of hydrogen-bond acceptors (Lipinski definition) is 3. The second-order valence-corrected chi connectivity index (χ2v) is 2.52. The van der Waals surface area contributed by atoms with Crippen molar-refractivity contribution < 1.29 is 9.84 Å². The fourth-order valence-corrected chi connectivity index (χ4v) is 0.962. The summed E-state index contributed by atoms with van der Waals surface area (Å²) in [6.07, 6.45) is -0.573. The van der Waals surface area contributed by atoms with Gasteiger partial charge in [-0.25, -0.2) is 0 Å². The van der Waals surface area contributed by atoms with Crippen molar-refractivity contribution in [1.29, 1.82) is 0 Å². The van der Waals surface area contributed by atoms with E-state index in [-0.39, 0.29) is 6.54 Å². The largest absolute Gasteiger partial charge is 0.497 e. The Morgan fingerprint density at radius 2 is 2.00 bits per heavy atom. The highest BCUT2D eigenvalue weighted by molar-refractivity contribution is 5.28. The summed E-state index contributed by atoms with van der Waals surface area (Å²) in [5, 5.41) is 9.33. The highest BCUT2D eigenvalue weighted by Crippen LogP contribution is 2.16. The molecule has 3 N–H and O–H groups in total. The first-order chi connectivity index (χ1) is 5.77. The molecule has 3 heteroatoms. The summed E-state index contributed by atoms with van der Waals surface area (Å²) in [5.74, 6) is 0.781. The molecule has 1 aromatic carbocycles. The Morgan fingerprint density at radius 1 is 1.42 bits per heavy atom. The van der Waals surface area contributed by atoms with Crippen LogP contribution in [0.5, 0.6) is 5.75 Å². The number of aliphatic hydroxyl groups excluding tert-OH is 1. The Labute approximate surface area is 71.8 Å². The van der Waals surface area contributed by atoms with Gasteiger partial charge in [-0.1, -0.05) is 12.1 Å². The zero-order chi connectivity index (χ0) is 8.97. The molecule has 0 spiro atoms. The lowest BCUT2D eigenvalue weighted by Gasteiger charge is -2.07. The first-order valence-corrected chi connectivity index (χ1v) is 3.80. The molecule has 0 heterocycles. The molecule has 3 nitrogen and oxygen atoms in total. The van der Waals surface area contributed by atoms with Crippen LogP contribution in [-0.4, -0.2) is 18.8 Å². The SMILES string of the molecule is COc1ccc(C(O)CN)cc1. The van der Waals surface area contributed by atoms with Crippen LogP contribution in [0.4, 0.5) is 0 Å². The third kappa shape index (κ3) is 1.96. The fourth-order valence-electron chi connectivity index (χ4n) is 0.962. The number of nitrogens with two attached hydrogens (primary N) is 1. The lowest BCUT2D eigenvalue weighted by atomic mass is 10.1. The van der Waals surface area contributed by atoms with Crippen molar-refractivity contribution in [3.05, 3.63) is 29.8 Å². The maximum atomic E-state index is 9.33. The standard InChI is InChI=1S/C9H13NO2/c1-12-8-4-2-7(3-5-8)9(11)6-10/h2-5,9,11H,6,10H2,1H3. The Hall–Kier alpha value is -1.06. The third-order valence-corrected chi connectivity index (χ3v) is 1.72. The number of rotatable bonds is 3. The molecule has 0 aliphatic rings. The van der Waals surface area contributed by atoms with Gasteiger partial charge in [0.05, 0.1) is 13.2 Å². The van der Waals surface area contributed by atoms with E-state index in [1.54, 1.807) is 31.4 Å². The molecular weight excluding hydrogens is 154 g/mol. The molecule has 0 bridgehead atoms. The van der Waals surface area contributed by atoms with E-state index in [1.807, 2.05) is 0 Å². The zero-order valence-electron chi connectivity index (χ0n) is 7.03. The topological polar surface area (TPSA) is 55.5 Å². The van der Waals surface area contributed by atoms with E-state index >= 15 is 0 Å². The first kappa shape index (κ1) is 9.03. The average molecular weight is 167 g/mol. The molecule has 0 aliphatic heterocycles. The van der Waals surface area contributed by atoms with Gasteiger partial charge in [0.2, 0.25) is 0 Å². The summed E-state index contributed by atoms with van der Waals surface area (Å²) in [6, 6.07) is 7.20. The van der Waals surface area contributed by atoms with Gasteiger partial charge in [-0.15, -0.1) is 0 Å². The van der Waals surface area contributed by atoms with Crippen LogP contribution < -0.4 is 10.5 Å². The Bertz CT molecular complexity index is 233. The van der Waals surface area contributed by atoms with Crippen molar-refractivity contribution in [2.75, 3.05) is 13.7 Å². The van der Waals surface area contributed by atoms with Gasteiger partial charge in [-0.3, -0.25) is 0 Å². The number of hydrogen-bond donors (Lipinski definition) is 2. The molecule has 1 unspecified atom stereocenters. The van der Waals surface area contributed by atoms with Crippen LogP contribution in [0.2, 0.25) is 0 Å². The molecule has 0 aromatic heterocycles. The minimum atomic E-state index is -0.573. The molecule has 0 aliphatic carbocycles. The molecule has 66 valence electrons. The number of ether oxygens (including phenoxy) is 1. The summed E-state index contributed by atoms with van der Waals surface area (Å²) < 4.78 is 4.97. The summed E-state index contributed by atoms with van der Waals surface area (Å²) in [5.41, 5.74) is 6.11. The summed E-state index contributed by atoms with van der Waals surface area (Å²) in [6.45, 7) is 0.242. The predicted octanol–water partition coefficient (Wildman–Crippen LogP) is 0.687. The Balaban J connectivity index is 2.77. The quantitative estimate of drug-likeness (QED) is 0.696. The van der Waals surface area contributed by atoms with Crippen molar-refractivity contribution >= 4 is 0 Å². The van der Waals surface area contributed by atoms with Crippen LogP contribution in [0, 0.1) is 0 Å². The van der Waals surface area contributed by atoms with Crippen molar-refractivity contribution in [1.82, 2.24) is 0 Å². The maximum Gasteiger partial charge on any atom is 0.118 e. The average Bonchev–Trinajstić information content (AvgIpc) is 2.17. The summed E-state index contributed by atoms with van der Waals surface area (Å²) in [7, 11) is 1.61. The molecule has 1 aromatic rings. The van der Waals surface area contributed by atoms with Gasteiger partial charge in [0.15, 0.2) is 0 Å². The van der Waals surface area contributed by atoms with Gasteiger partial charge in [0, 0.05) is 6.54 Å². The number of benzene rings is 1. The minimum Gasteiger partial charge on any atom is -0.497 e. The molecule has 12 heavy (non-hydrogen) atoms. The summed E-state index contributed by atoms with van der Waals surface area (Å²) in [4.78, 5) is 0. The minimum absolute atomic E-state index is 0.242. The molecule has 1 rings (SSSR count). The normalized spacial score (nSPS) is 12.6. The van der Waals surface area contributed by atoms with Crippen LogP contribution in [0.1, 0.15) is 11.7 Å². The van der Waals surface area contributed by atoms with E-state index < -0.39 is 6.10 Å². The van der Waals surface area contributed by atoms with Gasteiger partial charge in [0.25, 0.3) is 0 Å².